The average molecular weight is 389 g/mol. The first kappa shape index (κ1) is 15.0. The molecule has 0 unspecified atom stereocenters. The number of hydrogen-bond acceptors (Lipinski definition) is 1. The van der Waals surface area contributed by atoms with E-state index in [1.165, 1.54) is 38.2 Å². The summed E-state index contributed by atoms with van der Waals surface area (Å²) in [5.41, 5.74) is 2.18. The zero-order valence-corrected chi connectivity index (χ0v) is 14.5. The third-order valence-corrected chi connectivity index (χ3v) is 5.16. The van der Waals surface area contributed by atoms with Crippen LogP contribution in [0.25, 0.3) is 0 Å². The number of nitrogens with one attached hydrogen (secondary N) is 1. The summed E-state index contributed by atoms with van der Waals surface area (Å²) in [4.78, 5) is 11.2. The second kappa shape index (κ2) is 6.40. The summed E-state index contributed by atoms with van der Waals surface area (Å²) in [6.45, 7) is 3.86. The van der Waals surface area contributed by atoms with Crippen molar-refractivity contribution in [1.82, 2.24) is 0 Å². The van der Waals surface area contributed by atoms with Crippen molar-refractivity contribution >= 4 is 43.5 Å². The van der Waals surface area contributed by atoms with Gasteiger partial charge in [0.05, 0.1) is 5.69 Å². The molecule has 0 aliphatic heterocycles. The summed E-state index contributed by atoms with van der Waals surface area (Å²) in [6, 6.07) is 4.31. The van der Waals surface area contributed by atoms with Crippen LogP contribution in [-0.4, -0.2) is 5.91 Å². The van der Waals surface area contributed by atoms with Crippen LogP contribution in [0.5, 0.6) is 0 Å². The van der Waals surface area contributed by atoms with Gasteiger partial charge in [-0.15, -0.1) is 0 Å². The molecule has 2 nitrogen and oxygen atoms in total. The van der Waals surface area contributed by atoms with Gasteiger partial charge in [0, 0.05) is 15.9 Å². The van der Waals surface area contributed by atoms with Crippen molar-refractivity contribution in [3.63, 3.8) is 0 Å². The number of carbonyl (C=O) groups is 1. The van der Waals surface area contributed by atoms with Crippen molar-refractivity contribution in [1.29, 1.82) is 0 Å². The van der Waals surface area contributed by atoms with E-state index < -0.39 is 0 Å². The molecule has 0 aromatic heterocycles. The minimum Gasteiger partial charge on any atom is -0.324 e. The molecule has 1 aliphatic carbocycles. The molecule has 1 fully saturated rings. The zero-order valence-electron chi connectivity index (χ0n) is 11.3. The van der Waals surface area contributed by atoms with Crippen LogP contribution in [0.15, 0.2) is 21.1 Å². The molecule has 2 rings (SSSR count). The highest BCUT2D eigenvalue weighted by atomic mass is 79.9. The molecule has 0 heterocycles. The molecule has 104 valence electrons. The number of carbonyl (C=O) groups excluding carboxylic acids is 1. The Morgan fingerprint density at radius 3 is 2.32 bits per heavy atom. The predicted molar refractivity (Wildman–Crippen MR) is 86.5 cm³/mol. The van der Waals surface area contributed by atoms with Crippen LogP contribution >= 0.6 is 31.9 Å². The summed E-state index contributed by atoms with van der Waals surface area (Å²) < 4.78 is 1.90. The van der Waals surface area contributed by atoms with Crippen LogP contribution in [0, 0.1) is 5.92 Å². The van der Waals surface area contributed by atoms with Crippen molar-refractivity contribution in [3.05, 3.63) is 26.6 Å². The van der Waals surface area contributed by atoms with Gasteiger partial charge in [-0.05, 0) is 67.8 Å². The van der Waals surface area contributed by atoms with E-state index in [4.69, 9.17) is 0 Å². The van der Waals surface area contributed by atoms with Crippen LogP contribution in [0.4, 0.5) is 5.69 Å². The van der Waals surface area contributed by atoms with Crippen LogP contribution in [0.3, 0.4) is 0 Å². The summed E-state index contributed by atoms with van der Waals surface area (Å²) in [5, 5.41) is 2.85. The van der Waals surface area contributed by atoms with Crippen LogP contribution in [0.1, 0.15) is 51.0 Å². The van der Waals surface area contributed by atoms with Crippen molar-refractivity contribution in [3.8, 4) is 0 Å². The Balaban J connectivity index is 2.30. The fourth-order valence-electron chi connectivity index (χ4n) is 2.91. The maximum Gasteiger partial charge on any atom is 0.221 e. The fraction of sp³-hybridized carbons (Fsp3) is 0.533. The molecule has 0 spiro atoms. The highest BCUT2D eigenvalue weighted by Crippen LogP contribution is 2.41. The van der Waals surface area contributed by atoms with Gasteiger partial charge in [0.2, 0.25) is 5.91 Å². The molecule has 0 bridgehead atoms. The largest absolute Gasteiger partial charge is 0.324 e. The summed E-state index contributed by atoms with van der Waals surface area (Å²) in [6.07, 6.45) is 5.24. The number of hydrogen-bond donors (Lipinski definition) is 1. The van der Waals surface area contributed by atoms with Gasteiger partial charge in [-0.2, -0.15) is 0 Å². The maximum atomic E-state index is 11.2. The predicted octanol–water partition coefficient (Wildman–Crippen LogP) is 5.46. The molecular weight excluding hydrogens is 370 g/mol. The van der Waals surface area contributed by atoms with E-state index in [0.29, 0.717) is 5.92 Å². The quantitative estimate of drug-likeness (QED) is 0.715. The van der Waals surface area contributed by atoms with Gasteiger partial charge in [0.1, 0.15) is 0 Å². The fourth-order valence-corrected chi connectivity index (χ4v) is 4.33. The van der Waals surface area contributed by atoms with E-state index in [-0.39, 0.29) is 5.91 Å². The number of anilines is 1. The number of amides is 1. The first-order chi connectivity index (χ1) is 8.99. The maximum absolute atomic E-state index is 11.2. The Morgan fingerprint density at radius 2 is 1.79 bits per heavy atom. The Bertz CT molecular complexity index is 464. The van der Waals surface area contributed by atoms with Crippen molar-refractivity contribution in [2.45, 2.75) is 45.4 Å². The van der Waals surface area contributed by atoms with E-state index >= 15 is 0 Å². The van der Waals surface area contributed by atoms with Crippen molar-refractivity contribution in [2.75, 3.05) is 5.32 Å². The molecule has 1 aromatic rings. The SMILES string of the molecule is CC(=O)Nc1c(Br)cc([C@@H]2CCCC[C@H]2C)cc1Br. The lowest BCUT2D eigenvalue weighted by atomic mass is 9.76. The lowest BCUT2D eigenvalue weighted by molar-refractivity contribution is -0.114. The number of benzene rings is 1. The number of rotatable bonds is 2. The zero-order chi connectivity index (χ0) is 14.0. The topological polar surface area (TPSA) is 29.1 Å². The van der Waals surface area contributed by atoms with E-state index in [1.807, 2.05) is 0 Å². The molecule has 1 N–H and O–H groups in total. The molecule has 1 saturated carbocycles. The summed E-state index contributed by atoms with van der Waals surface area (Å²) in [5.74, 6) is 1.31. The minimum atomic E-state index is -0.0554. The Labute approximate surface area is 131 Å². The second-order valence-corrected chi connectivity index (χ2v) is 7.12. The number of halogens is 2. The summed E-state index contributed by atoms with van der Waals surface area (Å²) in [7, 11) is 0. The molecule has 4 heteroatoms. The highest BCUT2D eigenvalue weighted by Gasteiger charge is 2.24. The lowest BCUT2D eigenvalue weighted by Crippen LogP contribution is -2.15. The first-order valence-corrected chi connectivity index (χ1v) is 8.34. The third kappa shape index (κ3) is 3.60. The lowest BCUT2D eigenvalue weighted by Gasteiger charge is -2.29. The molecule has 1 aliphatic rings. The molecule has 0 saturated heterocycles. The standard InChI is InChI=1S/C15H19Br2NO/c1-9-5-3-4-6-12(9)11-7-13(16)15(14(17)8-11)18-10(2)19/h7-9,12H,3-6H2,1-2H3,(H,18,19)/t9-,12-/m1/s1. The van der Waals surface area contributed by atoms with Crippen LogP contribution in [-0.2, 0) is 4.79 Å². The summed E-state index contributed by atoms with van der Waals surface area (Å²) >= 11 is 7.14. The van der Waals surface area contributed by atoms with Crippen LogP contribution in [0.2, 0.25) is 0 Å². The second-order valence-electron chi connectivity index (χ2n) is 5.41. The molecule has 2 atom stereocenters. The highest BCUT2D eigenvalue weighted by molar-refractivity contribution is 9.11. The smallest absolute Gasteiger partial charge is 0.221 e. The molecule has 0 radical (unpaired) electrons. The monoisotopic (exact) mass is 387 g/mol. The first-order valence-electron chi connectivity index (χ1n) is 6.75. The Morgan fingerprint density at radius 1 is 1.21 bits per heavy atom. The molecule has 19 heavy (non-hydrogen) atoms. The van der Waals surface area contributed by atoms with Gasteiger partial charge in [-0.3, -0.25) is 4.79 Å². The van der Waals surface area contributed by atoms with Gasteiger partial charge >= 0.3 is 0 Å². The van der Waals surface area contributed by atoms with Gasteiger partial charge < -0.3 is 5.32 Å². The van der Waals surface area contributed by atoms with Crippen LogP contribution < -0.4 is 5.32 Å². The van der Waals surface area contributed by atoms with Crippen molar-refractivity contribution in [2.24, 2.45) is 5.92 Å². The average Bonchev–Trinajstić information content (AvgIpc) is 2.34. The van der Waals surface area contributed by atoms with Crippen molar-refractivity contribution < 1.29 is 4.79 Å². The minimum absolute atomic E-state index is 0.0554. The van der Waals surface area contributed by atoms with E-state index in [0.717, 1.165) is 20.6 Å². The van der Waals surface area contributed by atoms with E-state index in [2.05, 4.69) is 56.2 Å². The third-order valence-electron chi connectivity index (χ3n) is 3.91. The van der Waals surface area contributed by atoms with Gasteiger partial charge in [0.25, 0.3) is 0 Å². The van der Waals surface area contributed by atoms with E-state index in [9.17, 15) is 4.79 Å². The van der Waals surface area contributed by atoms with E-state index in [1.54, 1.807) is 0 Å². The molecular formula is C15H19Br2NO. The molecule has 1 amide bonds. The Hall–Kier alpha value is -0.350. The van der Waals surface area contributed by atoms with Gasteiger partial charge in [-0.25, -0.2) is 0 Å². The normalized spacial score (nSPS) is 23.2. The molecule has 1 aromatic carbocycles. The van der Waals surface area contributed by atoms with Gasteiger partial charge in [0.15, 0.2) is 0 Å². The van der Waals surface area contributed by atoms with Gasteiger partial charge in [-0.1, -0.05) is 26.2 Å². The Kier molecular flexibility index (Phi) is 5.07.